The highest BCUT2D eigenvalue weighted by Crippen LogP contribution is 2.27. The smallest absolute Gasteiger partial charge is 0.269 e. The summed E-state index contributed by atoms with van der Waals surface area (Å²) in [6, 6.07) is 22.8. The van der Waals surface area contributed by atoms with Gasteiger partial charge in [0.1, 0.15) is 11.6 Å². The first kappa shape index (κ1) is 19.4. The van der Waals surface area contributed by atoms with Crippen LogP contribution in [0.25, 0.3) is 22.5 Å². The number of phenols is 1. The third-order valence-corrected chi connectivity index (χ3v) is 4.55. The summed E-state index contributed by atoms with van der Waals surface area (Å²) in [6.45, 7) is 2.36. The van der Waals surface area contributed by atoms with Gasteiger partial charge >= 0.3 is 0 Å². The van der Waals surface area contributed by atoms with E-state index in [1.165, 1.54) is 12.1 Å². The van der Waals surface area contributed by atoms with E-state index in [4.69, 9.17) is 0 Å². The van der Waals surface area contributed by atoms with E-state index in [-0.39, 0.29) is 17.5 Å². The second kappa shape index (κ2) is 8.61. The average molecular weight is 398 g/mol. The van der Waals surface area contributed by atoms with Gasteiger partial charge in [-0.15, -0.1) is 5.11 Å². The minimum atomic E-state index is -0.305. The van der Waals surface area contributed by atoms with Crippen LogP contribution in [0.5, 0.6) is 5.75 Å². The van der Waals surface area contributed by atoms with Gasteiger partial charge < -0.3 is 5.11 Å². The third kappa shape index (κ3) is 4.72. The van der Waals surface area contributed by atoms with Gasteiger partial charge in [0.15, 0.2) is 0 Å². The number of rotatable bonds is 5. The Morgan fingerprint density at radius 1 is 0.800 bits per heavy atom. The summed E-state index contributed by atoms with van der Waals surface area (Å²) in [5.41, 5.74) is 5.11. The molecule has 0 amide bonds. The van der Waals surface area contributed by atoms with E-state index in [9.17, 15) is 9.50 Å². The molecule has 1 aromatic heterocycles. The molecule has 4 aromatic rings. The van der Waals surface area contributed by atoms with E-state index in [1.807, 2.05) is 37.3 Å². The van der Waals surface area contributed by atoms with Crippen molar-refractivity contribution >= 4 is 5.95 Å². The van der Waals surface area contributed by atoms with Gasteiger partial charge in [-0.25, -0.2) is 14.4 Å². The first-order valence-corrected chi connectivity index (χ1v) is 9.44. The van der Waals surface area contributed by atoms with Crippen LogP contribution in [-0.2, 0) is 6.54 Å². The number of aromatic nitrogens is 2. The lowest BCUT2D eigenvalue weighted by Crippen LogP contribution is -1.92. The highest BCUT2D eigenvalue weighted by Gasteiger charge is 2.09. The Kier molecular flexibility index (Phi) is 5.57. The zero-order chi connectivity index (χ0) is 20.9. The molecule has 0 fully saturated rings. The molecule has 0 unspecified atom stereocenters. The maximum absolute atomic E-state index is 13.3. The topological polar surface area (TPSA) is 70.7 Å². The van der Waals surface area contributed by atoms with Gasteiger partial charge in [-0.05, 0) is 55.0 Å². The van der Waals surface area contributed by atoms with Crippen LogP contribution in [-0.4, -0.2) is 15.1 Å². The van der Waals surface area contributed by atoms with Gasteiger partial charge in [0.2, 0.25) is 0 Å². The summed E-state index contributed by atoms with van der Waals surface area (Å²) in [7, 11) is 0. The lowest BCUT2D eigenvalue weighted by Gasteiger charge is -2.07. The van der Waals surface area contributed by atoms with Crippen LogP contribution in [0.4, 0.5) is 10.3 Å². The Morgan fingerprint density at radius 2 is 1.37 bits per heavy atom. The van der Waals surface area contributed by atoms with E-state index in [2.05, 4.69) is 20.2 Å². The first-order valence-electron chi connectivity index (χ1n) is 9.44. The van der Waals surface area contributed by atoms with Crippen molar-refractivity contribution < 1.29 is 9.50 Å². The number of aryl methyl sites for hydroxylation is 1. The monoisotopic (exact) mass is 398 g/mol. The molecule has 5 nitrogen and oxygen atoms in total. The number of hydrogen-bond donors (Lipinski definition) is 1. The molecule has 1 heterocycles. The second-order valence-corrected chi connectivity index (χ2v) is 6.88. The molecule has 0 radical (unpaired) electrons. The van der Waals surface area contributed by atoms with Crippen molar-refractivity contribution in [1.29, 1.82) is 0 Å². The maximum atomic E-state index is 13.3. The van der Waals surface area contributed by atoms with Crippen LogP contribution in [0.3, 0.4) is 0 Å². The molecule has 148 valence electrons. The summed E-state index contributed by atoms with van der Waals surface area (Å²) in [4.78, 5) is 9.02. The Hall–Kier alpha value is -3.93. The van der Waals surface area contributed by atoms with Crippen molar-refractivity contribution in [2.45, 2.75) is 13.5 Å². The summed E-state index contributed by atoms with van der Waals surface area (Å²) >= 11 is 0. The van der Waals surface area contributed by atoms with Crippen LogP contribution in [0.1, 0.15) is 11.1 Å². The molecule has 0 spiro atoms. The van der Waals surface area contributed by atoms with Gasteiger partial charge in [0.05, 0.1) is 17.9 Å². The molecule has 30 heavy (non-hydrogen) atoms. The molecule has 0 aliphatic carbocycles. The minimum absolute atomic E-state index is 0.203. The van der Waals surface area contributed by atoms with E-state index in [0.29, 0.717) is 17.9 Å². The van der Waals surface area contributed by atoms with Gasteiger partial charge in [-0.1, -0.05) is 42.0 Å². The standard InChI is InChI=1S/C24H19FN4O/c1-16-2-6-18(7-3-16)22-14-23(19-8-10-20(25)11-9-19)28-24(27-22)29-26-15-17-4-12-21(30)13-5-17/h2-14,30H,15H2,1H3. The maximum Gasteiger partial charge on any atom is 0.269 e. The summed E-state index contributed by atoms with van der Waals surface area (Å²) in [5, 5.41) is 17.8. The fourth-order valence-corrected chi connectivity index (χ4v) is 2.90. The minimum Gasteiger partial charge on any atom is -0.508 e. The quantitative estimate of drug-likeness (QED) is 0.404. The molecule has 0 saturated heterocycles. The molecule has 4 rings (SSSR count). The third-order valence-electron chi connectivity index (χ3n) is 4.55. The molecule has 0 saturated carbocycles. The molecule has 6 heteroatoms. The molecule has 1 N–H and O–H groups in total. The molecule has 0 atom stereocenters. The number of hydrogen-bond acceptors (Lipinski definition) is 5. The van der Waals surface area contributed by atoms with Gasteiger partial charge in [-0.2, -0.15) is 5.11 Å². The van der Waals surface area contributed by atoms with Crippen molar-refractivity contribution in [1.82, 2.24) is 9.97 Å². The molecular formula is C24H19FN4O. The van der Waals surface area contributed by atoms with Gasteiger partial charge in [0.25, 0.3) is 5.95 Å². The van der Waals surface area contributed by atoms with Crippen LogP contribution < -0.4 is 0 Å². The SMILES string of the molecule is Cc1ccc(-c2cc(-c3ccc(F)cc3)nc(N=NCc3ccc(O)cc3)n2)cc1. The van der Waals surface area contributed by atoms with Crippen LogP contribution in [0.15, 0.2) is 89.1 Å². The van der Waals surface area contributed by atoms with E-state index in [0.717, 1.165) is 22.3 Å². The normalized spacial score (nSPS) is 11.1. The summed E-state index contributed by atoms with van der Waals surface area (Å²) in [5.74, 6) is 0.125. The lowest BCUT2D eigenvalue weighted by atomic mass is 10.1. The molecule has 0 bridgehead atoms. The number of halogens is 1. The van der Waals surface area contributed by atoms with Crippen molar-refractivity contribution in [2.75, 3.05) is 0 Å². The molecule has 3 aromatic carbocycles. The predicted molar refractivity (Wildman–Crippen MR) is 114 cm³/mol. The second-order valence-electron chi connectivity index (χ2n) is 6.88. The van der Waals surface area contributed by atoms with E-state index in [1.54, 1.807) is 36.4 Å². The average Bonchev–Trinajstić information content (AvgIpc) is 2.76. The lowest BCUT2D eigenvalue weighted by molar-refractivity contribution is 0.475. The largest absolute Gasteiger partial charge is 0.508 e. The number of phenolic OH excluding ortho intramolecular Hbond substituents is 1. The highest BCUT2D eigenvalue weighted by atomic mass is 19.1. The summed E-state index contributed by atoms with van der Waals surface area (Å²) in [6.07, 6.45) is 0. The fourth-order valence-electron chi connectivity index (χ4n) is 2.90. The highest BCUT2D eigenvalue weighted by molar-refractivity contribution is 5.69. The number of nitrogens with zero attached hydrogens (tertiary/aromatic N) is 4. The molecular weight excluding hydrogens is 379 g/mol. The zero-order valence-electron chi connectivity index (χ0n) is 16.3. The van der Waals surface area contributed by atoms with Crippen LogP contribution in [0, 0.1) is 12.7 Å². The summed E-state index contributed by atoms with van der Waals surface area (Å²) < 4.78 is 13.3. The Balaban J connectivity index is 1.69. The van der Waals surface area contributed by atoms with E-state index >= 15 is 0 Å². The van der Waals surface area contributed by atoms with Crippen molar-refractivity contribution in [2.24, 2.45) is 10.2 Å². The zero-order valence-corrected chi connectivity index (χ0v) is 16.3. The van der Waals surface area contributed by atoms with Crippen LogP contribution >= 0.6 is 0 Å². The first-order chi connectivity index (χ1) is 14.6. The Labute approximate surface area is 173 Å². The number of azo groups is 1. The van der Waals surface area contributed by atoms with Crippen molar-refractivity contribution in [3.63, 3.8) is 0 Å². The Morgan fingerprint density at radius 3 is 1.97 bits per heavy atom. The fraction of sp³-hybridized carbons (Fsp3) is 0.0833. The molecule has 0 aliphatic heterocycles. The van der Waals surface area contributed by atoms with E-state index < -0.39 is 0 Å². The predicted octanol–water partition coefficient (Wildman–Crippen LogP) is 6.25. The van der Waals surface area contributed by atoms with Crippen molar-refractivity contribution in [3.8, 4) is 28.3 Å². The number of benzene rings is 3. The molecule has 0 aliphatic rings. The Bertz CT molecular complexity index is 1110. The van der Waals surface area contributed by atoms with Crippen molar-refractivity contribution in [3.05, 3.63) is 95.8 Å². The number of aromatic hydroxyl groups is 1. The van der Waals surface area contributed by atoms with Gasteiger partial charge in [0, 0.05) is 11.1 Å². The van der Waals surface area contributed by atoms with Gasteiger partial charge in [-0.3, -0.25) is 0 Å². The van der Waals surface area contributed by atoms with Crippen LogP contribution in [0.2, 0.25) is 0 Å².